The molecule has 64 valence electrons. The lowest BCUT2D eigenvalue weighted by atomic mass is 10.1. The normalized spacial score (nSPS) is 27.1. The standard InChI is InChI=1S/C10H14N2/c1-11-6-9-5-10(9)8-3-2-4-12-7-8/h2-4,7,9-11H,5-6H2,1H3. The molecule has 0 bridgehead atoms. The van der Waals surface area contributed by atoms with Gasteiger partial charge in [0.15, 0.2) is 0 Å². The minimum absolute atomic E-state index is 0.770. The lowest BCUT2D eigenvalue weighted by Crippen LogP contribution is -2.10. The summed E-state index contributed by atoms with van der Waals surface area (Å²) >= 11 is 0. The van der Waals surface area contributed by atoms with E-state index in [1.54, 1.807) is 0 Å². The van der Waals surface area contributed by atoms with E-state index in [1.807, 2.05) is 25.5 Å². The van der Waals surface area contributed by atoms with Crippen molar-refractivity contribution in [2.45, 2.75) is 12.3 Å². The summed E-state index contributed by atoms with van der Waals surface area (Å²) in [4.78, 5) is 4.12. The molecule has 1 fully saturated rings. The molecule has 2 atom stereocenters. The summed E-state index contributed by atoms with van der Waals surface area (Å²) in [5, 5.41) is 3.21. The topological polar surface area (TPSA) is 24.9 Å². The van der Waals surface area contributed by atoms with Gasteiger partial charge in [0, 0.05) is 12.4 Å². The number of hydrogen-bond acceptors (Lipinski definition) is 2. The van der Waals surface area contributed by atoms with Gasteiger partial charge < -0.3 is 5.32 Å². The van der Waals surface area contributed by atoms with Gasteiger partial charge in [-0.3, -0.25) is 4.98 Å². The second-order valence-electron chi connectivity index (χ2n) is 3.45. The number of rotatable bonds is 3. The number of hydrogen-bond donors (Lipinski definition) is 1. The fourth-order valence-corrected chi connectivity index (χ4v) is 1.74. The highest BCUT2D eigenvalue weighted by molar-refractivity contribution is 5.22. The van der Waals surface area contributed by atoms with E-state index in [2.05, 4.69) is 16.4 Å². The van der Waals surface area contributed by atoms with Crippen LogP contribution >= 0.6 is 0 Å². The predicted molar refractivity (Wildman–Crippen MR) is 49.0 cm³/mol. The molecule has 12 heavy (non-hydrogen) atoms. The first-order chi connectivity index (χ1) is 5.92. The SMILES string of the molecule is CNCC1CC1c1cccnc1. The quantitative estimate of drug-likeness (QED) is 0.726. The van der Waals surface area contributed by atoms with E-state index in [0.717, 1.165) is 18.4 Å². The Labute approximate surface area is 73.0 Å². The molecule has 1 aliphatic rings. The van der Waals surface area contributed by atoms with Gasteiger partial charge in [0.05, 0.1) is 0 Å². The third-order valence-corrected chi connectivity index (χ3v) is 2.50. The van der Waals surface area contributed by atoms with Crippen LogP contribution in [0.4, 0.5) is 0 Å². The molecular formula is C10H14N2. The molecule has 0 radical (unpaired) electrons. The Bertz CT molecular complexity index is 245. The molecule has 1 heterocycles. The van der Waals surface area contributed by atoms with E-state index in [-0.39, 0.29) is 0 Å². The Hall–Kier alpha value is -0.890. The molecule has 1 N–H and O–H groups in total. The van der Waals surface area contributed by atoms with Crippen molar-refractivity contribution < 1.29 is 0 Å². The van der Waals surface area contributed by atoms with Gasteiger partial charge in [0.25, 0.3) is 0 Å². The first-order valence-electron chi connectivity index (χ1n) is 4.46. The van der Waals surface area contributed by atoms with Crippen molar-refractivity contribution in [2.24, 2.45) is 5.92 Å². The molecule has 0 aromatic carbocycles. The minimum atomic E-state index is 0.770. The first-order valence-corrected chi connectivity index (χ1v) is 4.46. The van der Waals surface area contributed by atoms with E-state index >= 15 is 0 Å². The first kappa shape index (κ1) is 7.74. The van der Waals surface area contributed by atoms with Crippen LogP contribution in [0.15, 0.2) is 24.5 Å². The van der Waals surface area contributed by atoms with Crippen molar-refractivity contribution >= 4 is 0 Å². The molecule has 1 saturated carbocycles. The van der Waals surface area contributed by atoms with Gasteiger partial charge in [-0.1, -0.05) is 6.07 Å². The van der Waals surface area contributed by atoms with E-state index in [1.165, 1.54) is 12.0 Å². The van der Waals surface area contributed by atoms with Crippen molar-refractivity contribution in [3.05, 3.63) is 30.1 Å². The van der Waals surface area contributed by atoms with Crippen LogP contribution in [-0.4, -0.2) is 18.6 Å². The summed E-state index contributed by atoms with van der Waals surface area (Å²) in [5.74, 6) is 1.62. The van der Waals surface area contributed by atoms with E-state index in [4.69, 9.17) is 0 Å². The maximum atomic E-state index is 4.12. The van der Waals surface area contributed by atoms with Gasteiger partial charge in [0.2, 0.25) is 0 Å². The number of aromatic nitrogens is 1. The summed E-state index contributed by atoms with van der Waals surface area (Å²) in [6.07, 6.45) is 5.14. The average molecular weight is 162 g/mol. The summed E-state index contributed by atoms with van der Waals surface area (Å²) in [6.45, 7) is 1.14. The Kier molecular flexibility index (Phi) is 2.09. The highest BCUT2D eigenvalue weighted by Crippen LogP contribution is 2.46. The van der Waals surface area contributed by atoms with Gasteiger partial charge in [-0.25, -0.2) is 0 Å². The van der Waals surface area contributed by atoms with E-state index in [9.17, 15) is 0 Å². The minimum Gasteiger partial charge on any atom is -0.319 e. The zero-order valence-electron chi connectivity index (χ0n) is 7.33. The summed E-state index contributed by atoms with van der Waals surface area (Å²) < 4.78 is 0. The van der Waals surface area contributed by atoms with Crippen LogP contribution in [0.2, 0.25) is 0 Å². The van der Waals surface area contributed by atoms with Crippen LogP contribution in [0, 0.1) is 5.92 Å². The van der Waals surface area contributed by atoms with Gasteiger partial charge in [-0.05, 0) is 43.5 Å². The van der Waals surface area contributed by atoms with Gasteiger partial charge in [0.1, 0.15) is 0 Å². The van der Waals surface area contributed by atoms with Crippen LogP contribution in [0.5, 0.6) is 0 Å². The number of nitrogens with one attached hydrogen (secondary N) is 1. The Morgan fingerprint density at radius 3 is 3.25 bits per heavy atom. The zero-order chi connectivity index (χ0) is 8.39. The molecule has 0 aliphatic heterocycles. The van der Waals surface area contributed by atoms with E-state index in [0.29, 0.717) is 0 Å². The summed E-state index contributed by atoms with van der Waals surface area (Å²) in [5.41, 5.74) is 1.40. The summed E-state index contributed by atoms with van der Waals surface area (Å²) in [7, 11) is 2.01. The molecular weight excluding hydrogens is 148 g/mol. The van der Waals surface area contributed by atoms with Crippen molar-refractivity contribution in [1.29, 1.82) is 0 Å². The van der Waals surface area contributed by atoms with Crippen LogP contribution in [-0.2, 0) is 0 Å². The highest BCUT2D eigenvalue weighted by atomic mass is 14.8. The van der Waals surface area contributed by atoms with Gasteiger partial charge in [-0.2, -0.15) is 0 Å². The number of pyridine rings is 1. The highest BCUT2D eigenvalue weighted by Gasteiger charge is 2.37. The van der Waals surface area contributed by atoms with Gasteiger partial charge >= 0.3 is 0 Å². The third-order valence-electron chi connectivity index (χ3n) is 2.50. The maximum Gasteiger partial charge on any atom is 0.0302 e. The molecule has 2 heteroatoms. The summed E-state index contributed by atoms with van der Waals surface area (Å²) in [6, 6.07) is 4.19. The Balaban J connectivity index is 1.97. The van der Waals surface area contributed by atoms with Crippen LogP contribution in [0.25, 0.3) is 0 Å². The fourth-order valence-electron chi connectivity index (χ4n) is 1.74. The smallest absolute Gasteiger partial charge is 0.0302 e. The number of nitrogens with zero attached hydrogens (tertiary/aromatic N) is 1. The molecule has 0 saturated heterocycles. The zero-order valence-corrected chi connectivity index (χ0v) is 7.33. The molecule has 1 aliphatic carbocycles. The average Bonchev–Trinajstić information content (AvgIpc) is 2.87. The molecule has 2 unspecified atom stereocenters. The molecule has 0 amide bonds. The molecule has 0 spiro atoms. The van der Waals surface area contributed by atoms with Crippen molar-refractivity contribution in [3.8, 4) is 0 Å². The molecule has 2 nitrogen and oxygen atoms in total. The molecule has 1 aromatic rings. The van der Waals surface area contributed by atoms with Crippen LogP contribution in [0.1, 0.15) is 17.9 Å². The predicted octanol–water partition coefficient (Wildman–Crippen LogP) is 1.40. The van der Waals surface area contributed by atoms with Gasteiger partial charge in [-0.15, -0.1) is 0 Å². The molecule has 2 rings (SSSR count). The second kappa shape index (κ2) is 3.23. The largest absolute Gasteiger partial charge is 0.319 e. The Morgan fingerprint density at radius 2 is 2.58 bits per heavy atom. The van der Waals surface area contributed by atoms with Crippen LogP contribution in [0.3, 0.4) is 0 Å². The monoisotopic (exact) mass is 162 g/mol. The van der Waals surface area contributed by atoms with Crippen molar-refractivity contribution in [2.75, 3.05) is 13.6 Å². The van der Waals surface area contributed by atoms with Crippen LogP contribution < -0.4 is 5.32 Å². The lowest BCUT2D eigenvalue weighted by molar-refractivity contribution is 0.697. The van der Waals surface area contributed by atoms with Crippen molar-refractivity contribution in [1.82, 2.24) is 10.3 Å². The Morgan fingerprint density at radius 1 is 1.67 bits per heavy atom. The van der Waals surface area contributed by atoms with Crippen molar-refractivity contribution in [3.63, 3.8) is 0 Å². The lowest BCUT2D eigenvalue weighted by Gasteiger charge is -1.98. The maximum absolute atomic E-state index is 4.12. The second-order valence-corrected chi connectivity index (χ2v) is 3.45. The third kappa shape index (κ3) is 1.48. The van der Waals surface area contributed by atoms with E-state index < -0.39 is 0 Å². The fraction of sp³-hybridized carbons (Fsp3) is 0.500. The molecule has 1 aromatic heterocycles.